The monoisotopic (exact) mass is 340 g/mol. The summed E-state index contributed by atoms with van der Waals surface area (Å²) < 4.78 is 27.1. The van der Waals surface area contributed by atoms with Crippen molar-refractivity contribution in [1.82, 2.24) is 15.0 Å². The molecule has 0 aliphatic heterocycles. The van der Waals surface area contributed by atoms with Crippen molar-refractivity contribution in [3.8, 4) is 11.5 Å². The molecular weight excluding hydrogens is 322 g/mol. The highest BCUT2D eigenvalue weighted by molar-refractivity contribution is 5.56. The lowest BCUT2D eigenvalue weighted by molar-refractivity contribution is 0.566. The van der Waals surface area contributed by atoms with Gasteiger partial charge in [-0.15, -0.1) is 0 Å². The SMILES string of the molecule is Cc1nc(-c2ccccn2)nc(NC(C)c2ccc(F)cc2F)c1C. The Labute approximate surface area is 145 Å². The normalized spacial score (nSPS) is 12.0. The molecule has 1 unspecified atom stereocenters. The topological polar surface area (TPSA) is 50.7 Å². The van der Waals surface area contributed by atoms with Crippen LogP contribution in [0.25, 0.3) is 11.5 Å². The van der Waals surface area contributed by atoms with E-state index < -0.39 is 11.6 Å². The summed E-state index contributed by atoms with van der Waals surface area (Å²) in [5, 5.41) is 3.20. The standard InChI is InChI=1S/C19H18F2N4/c1-11-12(2)23-19(17-6-4-5-9-22-17)25-18(11)24-13(3)15-8-7-14(20)10-16(15)21/h4-10,13H,1-3H3,(H,23,24,25). The first-order chi connectivity index (χ1) is 12.0. The van der Waals surface area contributed by atoms with Crippen LogP contribution in [-0.2, 0) is 0 Å². The summed E-state index contributed by atoms with van der Waals surface area (Å²) >= 11 is 0. The highest BCUT2D eigenvalue weighted by atomic mass is 19.1. The van der Waals surface area contributed by atoms with Crippen molar-refractivity contribution in [2.24, 2.45) is 0 Å². The summed E-state index contributed by atoms with van der Waals surface area (Å²) in [5.41, 5.74) is 2.71. The molecule has 0 aliphatic rings. The molecule has 0 saturated carbocycles. The van der Waals surface area contributed by atoms with Crippen molar-refractivity contribution in [1.29, 1.82) is 0 Å². The molecule has 3 aromatic rings. The van der Waals surface area contributed by atoms with Gasteiger partial charge in [0.25, 0.3) is 0 Å². The fraction of sp³-hybridized carbons (Fsp3) is 0.211. The fourth-order valence-corrected chi connectivity index (χ4v) is 2.51. The van der Waals surface area contributed by atoms with Gasteiger partial charge in [0.2, 0.25) is 0 Å². The number of aromatic nitrogens is 3. The van der Waals surface area contributed by atoms with Gasteiger partial charge in [-0.25, -0.2) is 18.7 Å². The van der Waals surface area contributed by atoms with Crippen LogP contribution in [0.1, 0.15) is 29.8 Å². The van der Waals surface area contributed by atoms with Crippen LogP contribution in [0, 0.1) is 25.5 Å². The molecular formula is C19H18F2N4. The van der Waals surface area contributed by atoms with Gasteiger partial charge < -0.3 is 5.32 Å². The van der Waals surface area contributed by atoms with Crippen molar-refractivity contribution in [3.05, 3.63) is 71.1 Å². The predicted octanol–water partition coefficient (Wildman–Crippen LogP) is 4.61. The van der Waals surface area contributed by atoms with Crippen molar-refractivity contribution in [3.63, 3.8) is 0 Å². The average molecular weight is 340 g/mol. The first-order valence-corrected chi connectivity index (χ1v) is 7.94. The van der Waals surface area contributed by atoms with Crippen LogP contribution in [-0.4, -0.2) is 15.0 Å². The molecule has 0 spiro atoms. The number of nitrogens with one attached hydrogen (secondary N) is 1. The van der Waals surface area contributed by atoms with Crippen LogP contribution in [0.2, 0.25) is 0 Å². The van der Waals surface area contributed by atoms with E-state index in [1.54, 1.807) is 13.1 Å². The number of hydrogen-bond donors (Lipinski definition) is 1. The molecule has 1 aromatic carbocycles. The number of nitrogens with zero attached hydrogens (tertiary/aromatic N) is 3. The van der Waals surface area contributed by atoms with E-state index in [2.05, 4.69) is 20.3 Å². The molecule has 4 nitrogen and oxygen atoms in total. The quantitative estimate of drug-likeness (QED) is 0.754. The molecule has 2 aromatic heterocycles. The van der Waals surface area contributed by atoms with Crippen LogP contribution >= 0.6 is 0 Å². The van der Waals surface area contributed by atoms with E-state index in [1.807, 2.05) is 32.0 Å². The summed E-state index contributed by atoms with van der Waals surface area (Å²) in [6.45, 7) is 5.58. The van der Waals surface area contributed by atoms with Crippen molar-refractivity contribution in [2.45, 2.75) is 26.8 Å². The Kier molecular flexibility index (Phi) is 4.70. The molecule has 128 valence electrons. The second-order valence-electron chi connectivity index (χ2n) is 5.85. The van der Waals surface area contributed by atoms with E-state index in [0.717, 1.165) is 17.3 Å². The summed E-state index contributed by atoms with van der Waals surface area (Å²) in [6, 6.07) is 8.69. The molecule has 0 fully saturated rings. The lowest BCUT2D eigenvalue weighted by Crippen LogP contribution is -2.13. The predicted molar refractivity (Wildman–Crippen MR) is 93.1 cm³/mol. The number of hydrogen-bond acceptors (Lipinski definition) is 4. The van der Waals surface area contributed by atoms with Gasteiger partial charge in [-0.05, 0) is 39.0 Å². The maximum absolute atomic E-state index is 14.0. The lowest BCUT2D eigenvalue weighted by Gasteiger charge is -2.18. The summed E-state index contributed by atoms with van der Waals surface area (Å²) in [7, 11) is 0. The Bertz CT molecular complexity index is 897. The Balaban J connectivity index is 1.95. The van der Waals surface area contributed by atoms with Crippen LogP contribution < -0.4 is 5.32 Å². The zero-order valence-corrected chi connectivity index (χ0v) is 14.2. The van der Waals surface area contributed by atoms with Gasteiger partial charge in [-0.1, -0.05) is 12.1 Å². The fourth-order valence-electron chi connectivity index (χ4n) is 2.51. The van der Waals surface area contributed by atoms with Crippen LogP contribution in [0.5, 0.6) is 0 Å². The Hall–Kier alpha value is -2.89. The molecule has 2 heterocycles. The molecule has 3 rings (SSSR count). The van der Waals surface area contributed by atoms with Gasteiger partial charge in [-0.2, -0.15) is 0 Å². The van der Waals surface area contributed by atoms with E-state index in [9.17, 15) is 8.78 Å². The van der Waals surface area contributed by atoms with E-state index in [0.29, 0.717) is 22.9 Å². The van der Waals surface area contributed by atoms with Crippen molar-refractivity contribution < 1.29 is 8.78 Å². The molecule has 1 N–H and O–H groups in total. The minimum absolute atomic E-state index is 0.372. The highest BCUT2D eigenvalue weighted by Crippen LogP contribution is 2.26. The molecule has 0 aliphatic carbocycles. The Morgan fingerprint density at radius 2 is 1.84 bits per heavy atom. The Morgan fingerprint density at radius 1 is 1.04 bits per heavy atom. The summed E-state index contributed by atoms with van der Waals surface area (Å²) in [6.07, 6.45) is 1.68. The molecule has 25 heavy (non-hydrogen) atoms. The third-order valence-corrected chi connectivity index (χ3v) is 4.07. The third kappa shape index (κ3) is 3.63. The molecule has 0 bridgehead atoms. The molecule has 0 amide bonds. The number of halogens is 2. The van der Waals surface area contributed by atoms with Gasteiger partial charge in [0.1, 0.15) is 23.1 Å². The minimum atomic E-state index is -0.597. The van der Waals surface area contributed by atoms with Gasteiger partial charge in [0, 0.05) is 29.1 Å². The van der Waals surface area contributed by atoms with Gasteiger partial charge >= 0.3 is 0 Å². The Morgan fingerprint density at radius 3 is 2.52 bits per heavy atom. The molecule has 0 radical (unpaired) electrons. The van der Waals surface area contributed by atoms with Crippen LogP contribution in [0.3, 0.4) is 0 Å². The summed E-state index contributed by atoms with van der Waals surface area (Å²) in [5.74, 6) is -0.0873. The largest absolute Gasteiger partial charge is 0.363 e. The second kappa shape index (κ2) is 6.93. The van der Waals surface area contributed by atoms with Crippen molar-refractivity contribution in [2.75, 3.05) is 5.32 Å². The second-order valence-corrected chi connectivity index (χ2v) is 5.85. The first kappa shape index (κ1) is 17.0. The van der Waals surface area contributed by atoms with E-state index in [1.165, 1.54) is 12.1 Å². The van der Waals surface area contributed by atoms with E-state index >= 15 is 0 Å². The van der Waals surface area contributed by atoms with Gasteiger partial charge in [-0.3, -0.25) is 4.98 Å². The number of anilines is 1. The molecule has 0 saturated heterocycles. The number of benzene rings is 1. The zero-order valence-electron chi connectivity index (χ0n) is 14.2. The number of aryl methyl sites for hydroxylation is 1. The number of pyridine rings is 1. The van der Waals surface area contributed by atoms with Crippen LogP contribution in [0.15, 0.2) is 42.6 Å². The van der Waals surface area contributed by atoms with Gasteiger partial charge in [0.05, 0.1) is 6.04 Å². The zero-order chi connectivity index (χ0) is 18.0. The smallest absolute Gasteiger partial charge is 0.180 e. The van der Waals surface area contributed by atoms with E-state index in [-0.39, 0.29) is 6.04 Å². The van der Waals surface area contributed by atoms with Gasteiger partial charge in [0.15, 0.2) is 5.82 Å². The van der Waals surface area contributed by atoms with Crippen molar-refractivity contribution >= 4 is 5.82 Å². The highest BCUT2D eigenvalue weighted by Gasteiger charge is 2.16. The number of rotatable bonds is 4. The third-order valence-electron chi connectivity index (χ3n) is 4.07. The maximum atomic E-state index is 14.0. The first-order valence-electron chi connectivity index (χ1n) is 7.94. The minimum Gasteiger partial charge on any atom is -0.363 e. The van der Waals surface area contributed by atoms with Crippen LogP contribution in [0.4, 0.5) is 14.6 Å². The molecule has 6 heteroatoms. The lowest BCUT2D eigenvalue weighted by atomic mass is 10.1. The molecule has 1 atom stereocenters. The summed E-state index contributed by atoms with van der Waals surface area (Å²) in [4.78, 5) is 13.3. The maximum Gasteiger partial charge on any atom is 0.180 e. The van der Waals surface area contributed by atoms with E-state index in [4.69, 9.17) is 0 Å². The average Bonchev–Trinajstić information content (AvgIpc) is 2.59.